The zero-order valence-corrected chi connectivity index (χ0v) is 13.6. The van der Waals surface area contributed by atoms with Gasteiger partial charge in [0, 0.05) is 25.1 Å². The molecule has 3 heterocycles. The molecule has 3 aromatic heterocycles. The zero-order chi connectivity index (χ0) is 16.9. The molecule has 0 aliphatic heterocycles. The maximum Gasteiger partial charge on any atom is 0.315 e. The van der Waals surface area contributed by atoms with Crippen molar-refractivity contribution in [2.75, 3.05) is 0 Å². The van der Waals surface area contributed by atoms with Crippen molar-refractivity contribution in [2.45, 2.75) is 26.4 Å². The van der Waals surface area contributed by atoms with Crippen molar-refractivity contribution in [3.05, 3.63) is 66.3 Å². The van der Waals surface area contributed by atoms with E-state index in [0.717, 1.165) is 22.9 Å². The van der Waals surface area contributed by atoms with Gasteiger partial charge in [0.25, 0.3) is 0 Å². The van der Waals surface area contributed by atoms with Crippen molar-refractivity contribution in [2.24, 2.45) is 0 Å². The molecular weight excluding hydrogens is 306 g/mol. The number of carbonyl (C=O) groups excluding carboxylic acids is 1. The summed E-state index contributed by atoms with van der Waals surface area (Å²) >= 11 is 0. The molecule has 7 nitrogen and oxygen atoms in total. The number of aromatic nitrogens is 3. The van der Waals surface area contributed by atoms with Crippen molar-refractivity contribution < 1.29 is 9.21 Å². The number of nitrogens with one attached hydrogen (secondary N) is 2. The van der Waals surface area contributed by atoms with Gasteiger partial charge < -0.3 is 15.1 Å². The molecule has 0 spiro atoms. The summed E-state index contributed by atoms with van der Waals surface area (Å²) in [7, 11) is 0. The Bertz CT molecular complexity index is 793. The number of urea groups is 1. The number of carbonyl (C=O) groups is 1. The number of aryl methyl sites for hydroxylation is 1. The lowest BCUT2D eigenvalue weighted by Gasteiger charge is -2.12. The van der Waals surface area contributed by atoms with Gasteiger partial charge in [0.05, 0.1) is 6.04 Å². The van der Waals surface area contributed by atoms with Gasteiger partial charge in [-0.2, -0.15) is 0 Å². The van der Waals surface area contributed by atoms with Crippen LogP contribution >= 0.6 is 0 Å². The van der Waals surface area contributed by atoms with Crippen LogP contribution in [-0.2, 0) is 6.54 Å². The molecular formula is C17H19N5O2. The summed E-state index contributed by atoms with van der Waals surface area (Å²) in [6.07, 6.45) is 6.94. The van der Waals surface area contributed by atoms with Crippen LogP contribution in [0.1, 0.15) is 30.0 Å². The summed E-state index contributed by atoms with van der Waals surface area (Å²) in [5.74, 6) is 2.33. The lowest BCUT2D eigenvalue weighted by molar-refractivity contribution is 0.235. The van der Waals surface area contributed by atoms with Gasteiger partial charge in [-0.15, -0.1) is 0 Å². The second-order valence-corrected chi connectivity index (χ2v) is 5.49. The van der Waals surface area contributed by atoms with Gasteiger partial charge in [0.2, 0.25) is 0 Å². The minimum absolute atomic E-state index is 0.194. The van der Waals surface area contributed by atoms with Gasteiger partial charge >= 0.3 is 6.03 Å². The van der Waals surface area contributed by atoms with E-state index in [-0.39, 0.29) is 12.1 Å². The Morgan fingerprint density at radius 1 is 1.33 bits per heavy atom. The van der Waals surface area contributed by atoms with Crippen LogP contribution in [0, 0.1) is 6.92 Å². The molecule has 24 heavy (non-hydrogen) atoms. The molecule has 7 heteroatoms. The SMILES string of the molecule is Cc1ccc(C(C)NC(=O)NCc2ccc(-n3ccnc3)nc2)o1. The molecule has 3 rings (SSSR count). The highest BCUT2D eigenvalue weighted by Gasteiger charge is 2.12. The fraction of sp³-hybridized carbons (Fsp3) is 0.235. The summed E-state index contributed by atoms with van der Waals surface area (Å²) in [5, 5.41) is 5.65. The average molecular weight is 325 g/mol. The Morgan fingerprint density at radius 3 is 2.83 bits per heavy atom. The smallest absolute Gasteiger partial charge is 0.315 e. The summed E-state index contributed by atoms with van der Waals surface area (Å²) in [6, 6.07) is 7.08. The van der Waals surface area contributed by atoms with Crippen LogP contribution in [0.3, 0.4) is 0 Å². The Morgan fingerprint density at radius 2 is 2.21 bits per heavy atom. The predicted molar refractivity (Wildman–Crippen MR) is 88.6 cm³/mol. The third-order valence-corrected chi connectivity index (χ3v) is 3.57. The van der Waals surface area contributed by atoms with Crippen molar-refractivity contribution in [1.82, 2.24) is 25.2 Å². The third kappa shape index (κ3) is 3.81. The molecule has 0 fully saturated rings. The predicted octanol–water partition coefficient (Wildman–Crippen LogP) is 2.73. The van der Waals surface area contributed by atoms with E-state index >= 15 is 0 Å². The van der Waals surface area contributed by atoms with E-state index in [1.54, 1.807) is 18.7 Å². The van der Waals surface area contributed by atoms with Crippen LogP contribution < -0.4 is 10.6 Å². The number of furan rings is 1. The maximum absolute atomic E-state index is 12.0. The van der Waals surface area contributed by atoms with E-state index in [1.165, 1.54) is 0 Å². The van der Waals surface area contributed by atoms with Crippen LogP contribution in [0.4, 0.5) is 4.79 Å². The molecule has 3 aromatic rings. The molecule has 0 saturated carbocycles. The van der Waals surface area contributed by atoms with E-state index in [2.05, 4.69) is 20.6 Å². The molecule has 2 amide bonds. The molecule has 124 valence electrons. The Labute approximate surface area is 139 Å². The van der Waals surface area contributed by atoms with Crippen LogP contribution in [-0.4, -0.2) is 20.6 Å². The maximum atomic E-state index is 12.0. The first-order valence-corrected chi connectivity index (χ1v) is 7.66. The minimum Gasteiger partial charge on any atom is -0.464 e. The van der Waals surface area contributed by atoms with E-state index in [0.29, 0.717) is 6.54 Å². The second kappa shape index (κ2) is 6.99. The van der Waals surface area contributed by atoms with Crippen molar-refractivity contribution in [1.29, 1.82) is 0 Å². The highest BCUT2D eigenvalue weighted by Crippen LogP contribution is 2.15. The first-order chi connectivity index (χ1) is 11.6. The number of hydrogen-bond acceptors (Lipinski definition) is 4. The highest BCUT2D eigenvalue weighted by atomic mass is 16.3. The van der Waals surface area contributed by atoms with E-state index in [4.69, 9.17) is 4.42 Å². The lowest BCUT2D eigenvalue weighted by Crippen LogP contribution is -2.36. The number of pyridine rings is 1. The second-order valence-electron chi connectivity index (χ2n) is 5.49. The summed E-state index contributed by atoms with van der Waals surface area (Å²) < 4.78 is 7.31. The average Bonchev–Trinajstić information content (AvgIpc) is 3.25. The number of rotatable bonds is 5. The molecule has 0 aliphatic carbocycles. The zero-order valence-electron chi connectivity index (χ0n) is 13.6. The van der Waals surface area contributed by atoms with Crippen molar-refractivity contribution >= 4 is 6.03 Å². The van der Waals surface area contributed by atoms with Crippen LogP contribution in [0.15, 0.2) is 53.6 Å². The van der Waals surface area contributed by atoms with Gasteiger partial charge in [0.15, 0.2) is 0 Å². The number of nitrogens with zero attached hydrogens (tertiary/aromatic N) is 3. The van der Waals surface area contributed by atoms with Crippen molar-refractivity contribution in [3.63, 3.8) is 0 Å². The van der Waals surface area contributed by atoms with E-state index < -0.39 is 0 Å². The summed E-state index contributed by atoms with van der Waals surface area (Å²) in [6.45, 7) is 4.14. The molecule has 2 N–H and O–H groups in total. The molecule has 1 atom stereocenters. The number of amides is 2. The minimum atomic E-state index is -0.254. The largest absolute Gasteiger partial charge is 0.464 e. The molecule has 0 radical (unpaired) electrons. The summed E-state index contributed by atoms with van der Waals surface area (Å²) in [4.78, 5) is 20.3. The normalized spacial score (nSPS) is 11.9. The van der Waals surface area contributed by atoms with Gasteiger partial charge in [0.1, 0.15) is 23.7 Å². The highest BCUT2D eigenvalue weighted by molar-refractivity contribution is 5.74. The standard InChI is InChI=1S/C17H19N5O2/c1-12-3-5-15(24-12)13(2)21-17(23)20-10-14-4-6-16(19-9-14)22-8-7-18-11-22/h3-9,11,13H,10H2,1-2H3,(H2,20,21,23). The Balaban J connectivity index is 1.51. The van der Waals surface area contributed by atoms with Gasteiger partial charge in [-0.3, -0.25) is 4.57 Å². The monoisotopic (exact) mass is 325 g/mol. The van der Waals surface area contributed by atoms with Crippen LogP contribution in [0.2, 0.25) is 0 Å². The van der Waals surface area contributed by atoms with Crippen LogP contribution in [0.5, 0.6) is 0 Å². The first-order valence-electron chi connectivity index (χ1n) is 7.66. The topological polar surface area (TPSA) is 85.0 Å². The fourth-order valence-electron chi connectivity index (χ4n) is 2.26. The number of imidazole rings is 1. The number of hydrogen-bond donors (Lipinski definition) is 2. The van der Waals surface area contributed by atoms with Gasteiger partial charge in [-0.1, -0.05) is 6.07 Å². The molecule has 0 aliphatic rings. The van der Waals surface area contributed by atoms with Gasteiger partial charge in [-0.25, -0.2) is 14.8 Å². The van der Waals surface area contributed by atoms with Crippen molar-refractivity contribution in [3.8, 4) is 5.82 Å². The Kier molecular flexibility index (Phi) is 4.60. The van der Waals surface area contributed by atoms with Gasteiger partial charge in [-0.05, 0) is 37.6 Å². The molecule has 1 unspecified atom stereocenters. The molecule has 0 bridgehead atoms. The fourth-order valence-corrected chi connectivity index (χ4v) is 2.26. The quantitative estimate of drug-likeness (QED) is 0.755. The molecule has 0 aromatic carbocycles. The Hall–Kier alpha value is -3.09. The third-order valence-electron chi connectivity index (χ3n) is 3.57. The first kappa shape index (κ1) is 15.8. The molecule has 0 saturated heterocycles. The van der Waals surface area contributed by atoms with E-state index in [1.807, 2.05) is 48.9 Å². The van der Waals surface area contributed by atoms with E-state index in [9.17, 15) is 4.79 Å². The summed E-state index contributed by atoms with van der Waals surface area (Å²) in [5.41, 5.74) is 0.913. The lowest BCUT2D eigenvalue weighted by atomic mass is 10.2. The van der Waals surface area contributed by atoms with Crippen LogP contribution in [0.25, 0.3) is 5.82 Å².